The second-order valence-electron chi connectivity index (χ2n) is 4.21. The molecular weight excluding hydrogens is 244 g/mol. The van der Waals surface area contributed by atoms with Crippen LogP contribution in [-0.4, -0.2) is 21.6 Å². The third kappa shape index (κ3) is 2.62. The number of carbonyl (C=O) groups is 2. The van der Waals surface area contributed by atoms with Gasteiger partial charge in [0.1, 0.15) is 11.4 Å². The third-order valence-corrected chi connectivity index (χ3v) is 2.75. The summed E-state index contributed by atoms with van der Waals surface area (Å²) in [5.41, 5.74) is 6.97. The molecule has 0 spiro atoms. The number of nitrogens with zero attached hydrogens (tertiary/aromatic N) is 2. The zero-order valence-electron chi connectivity index (χ0n) is 10.7. The summed E-state index contributed by atoms with van der Waals surface area (Å²) < 4.78 is 1.40. The zero-order valence-corrected chi connectivity index (χ0v) is 10.7. The predicted octanol–water partition coefficient (Wildman–Crippen LogP) is 1.08. The summed E-state index contributed by atoms with van der Waals surface area (Å²) in [5, 5.41) is 6.54. The average Bonchev–Trinajstić information content (AvgIpc) is 2.72. The molecule has 0 saturated heterocycles. The Bertz CT molecular complexity index is 629. The van der Waals surface area contributed by atoms with Crippen molar-refractivity contribution in [1.29, 1.82) is 0 Å². The topological polar surface area (TPSA) is 90.0 Å². The summed E-state index contributed by atoms with van der Waals surface area (Å²) in [7, 11) is 1.62. The first-order valence-corrected chi connectivity index (χ1v) is 5.69. The molecule has 0 aliphatic heterocycles. The Labute approximate surface area is 110 Å². The van der Waals surface area contributed by atoms with E-state index in [-0.39, 0.29) is 17.3 Å². The van der Waals surface area contributed by atoms with Crippen molar-refractivity contribution < 1.29 is 9.59 Å². The lowest BCUT2D eigenvalue weighted by Gasteiger charge is -2.07. The molecule has 3 N–H and O–H groups in total. The van der Waals surface area contributed by atoms with Crippen LogP contribution in [0.2, 0.25) is 0 Å². The van der Waals surface area contributed by atoms with Gasteiger partial charge in [-0.05, 0) is 19.1 Å². The van der Waals surface area contributed by atoms with Crippen LogP contribution in [0, 0.1) is 6.92 Å². The van der Waals surface area contributed by atoms with E-state index in [9.17, 15) is 9.59 Å². The van der Waals surface area contributed by atoms with Crippen LogP contribution in [0.1, 0.15) is 26.3 Å². The second kappa shape index (κ2) is 4.93. The number of aryl methyl sites for hydroxylation is 2. The Morgan fingerprint density at radius 3 is 2.47 bits per heavy atom. The zero-order chi connectivity index (χ0) is 14.0. The molecule has 0 saturated carbocycles. The van der Waals surface area contributed by atoms with Crippen molar-refractivity contribution >= 4 is 17.6 Å². The molecule has 19 heavy (non-hydrogen) atoms. The third-order valence-electron chi connectivity index (χ3n) is 2.75. The monoisotopic (exact) mass is 258 g/mol. The molecular formula is C13H14N4O2. The van der Waals surface area contributed by atoms with Crippen LogP contribution in [0.15, 0.2) is 30.5 Å². The molecule has 1 heterocycles. The number of aromatic nitrogens is 2. The molecule has 2 rings (SSSR count). The van der Waals surface area contributed by atoms with Gasteiger partial charge in [0.25, 0.3) is 11.8 Å². The van der Waals surface area contributed by atoms with Gasteiger partial charge >= 0.3 is 0 Å². The minimum atomic E-state index is -0.632. The van der Waals surface area contributed by atoms with Gasteiger partial charge in [0, 0.05) is 12.6 Å². The van der Waals surface area contributed by atoms with E-state index in [0.717, 1.165) is 5.56 Å². The van der Waals surface area contributed by atoms with Crippen LogP contribution in [-0.2, 0) is 7.05 Å². The highest BCUT2D eigenvalue weighted by molar-refractivity contribution is 6.07. The lowest BCUT2D eigenvalue weighted by atomic mass is 10.1. The van der Waals surface area contributed by atoms with Gasteiger partial charge in [-0.15, -0.1) is 0 Å². The highest BCUT2D eigenvalue weighted by atomic mass is 16.2. The van der Waals surface area contributed by atoms with Crippen LogP contribution >= 0.6 is 0 Å². The van der Waals surface area contributed by atoms with Crippen molar-refractivity contribution in [2.45, 2.75) is 6.92 Å². The number of hydrogen-bond donors (Lipinski definition) is 2. The van der Waals surface area contributed by atoms with E-state index in [1.807, 2.05) is 19.1 Å². The first-order chi connectivity index (χ1) is 8.99. The number of hydrogen-bond acceptors (Lipinski definition) is 3. The molecule has 98 valence electrons. The van der Waals surface area contributed by atoms with Crippen LogP contribution in [0.3, 0.4) is 0 Å². The second-order valence-corrected chi connectivity index (χ2v) is 4.21. The van der Waals surface area contributed by atoms with E-state index in [2.05, 4.69) is 10.4 Å². The molecule has 0 unspecified atom stereocenters. The van der Waals surface area contributed by atoms with E-state index < -0.39 is 5.91 Å². The van der Waals surface area contributed by atoms with Crippen LogP contribution < -0.4 is 11.1 Å². The SMILES string of the molecule is Cc1ccc(C(=O)Nc2c(C(N)=O)cnn2C)cc1. The van der Waals surface area contributed by atoms with E-state index in [4.69, 9.17) is 5.73 Å². The Morgan fingerprint density at radius 2 is 1.89 bits per heavy atom. The van der Waals surface area contributed by atoms with E-state index in [1.54, 1.807) is 19.2 Å². The first-order valence-electron chi connectivity index (χ1n) is 5.69. The summed E-state index contributed by atoms with van der Waals surface area (Å²) in [5.74, 6) is -0.656. The molecule has 0 aliphatic carbocycles. The number of nitrogens with two attached hydrogens (primary N) is 1. The van der Waals surface area contributed by atoms with Gasteiger partial charge < -0.3 is 11.1 Å². The van der Waals surface area contributed by atoms with Crippen LogP contribution in [0.4, 0.5) is 5.82 Å². The molecule has 0 fully saturated rings. The maximum absolute atomic E-state index is 12.0. The van der Waals surface area contributed by atoms with E-state index in [1.165, 1.54) is 10.9 Å². The summed E-state index contributed by atoms with van der Waals surface area (Å²) >= 11 is 0. The minimum absolute atomic E-state index is 0.183. The van der Waals surface area contributed by atoms with Gasteiger partial charge in [0.2, 0.25) is 0 Å². The van der Waals surface area contributed by atoms with Gasteiger partial charge in [0.05, 0.1) is 6.20 Å². The largest absolute Gasteiger partial charge is 0.365 e. The van der Waals surface area contributed by atoms with E-state index >= 15 is 0 Å². The minimum Gasteiger partial charge on any atom is -0.365 e. The van der Waals surface area contributed by atoms with Gasteiger partial charge in [-0.1, -0.05) is 17.7 Å². The standard InChI is InChI=1S/C13H14N4O2/c1-8-3-5-9(6-4-8)13(19)16-12-10(11(14)18)7-15-17(12)2/h3-7H,1-2H3,(H2,14,18)(H,16,19). The summed E-state index contributed by atoms with van der Waals surface area (Å²) in [6.07, 6.45) is 1.33. The molecule has 0 radical (unpaired) electrons. The lowest BCUT2D eigenvalue weighted by molar-refractivity contribution is 0.100. The fourth-order valence-electron chi connectivity index (χ4n) is 1.65. The number of nitrogens with one attached hydrogen (secondary N) is 1. The smallest absolute Gasteiger partial charge is 0.256 e. The number of carbonyl (C=O) groups excluding carboxylic acids is 2. The Morgan fingerprint density at radius 1 is 1.26 bits per heavy atom. The van der Waals surface area contributed by atoms with Crippen molar-refractivity contribution in [2.24, 2.45) is 12.8 Å². The summed E-state index contributed by atoms with van der Waals surface area (Å²) in [6.45, 7) is 1.94. The maximum Gasteiger partial charge on any atom is 0.256 e. The molecule has 1 aromatic heterocycles. The van der Waals surface area contributed by atoms with Gasteiger partial charge in [0.15, 0.2) is 0 Å². The number of rotatable bonds is 3. The van der Waals surface area contributed by atoms with Gasteiger partial charge in [-0.25, -0.2) is 0 Å². The van der Waals surface area contributed by atoms with Crippen LogP contribution in [0.5, 0.6) is 0 Å². The fraction of sp³-hybridized carbons (Fsp3) is 0.154. The molecule has 6 nitrogen and oxygen atoms in total. The molecule has 2 amide bonds. The highest BCUT2D eigenvalue weighted by Crippen LogP contribution is 2.15. The van der Waals surface area contributed by atoms with Crippen molar-refractivity contribution in [2.75, 3.05) is 5.32 Å². The van der Waals surface area contributed by atoms with Crippen molar-refractivity contribution in [3.05, 3.63) is 47.2 Å². The Balaban J connectivity index is 2.26. The lowest BCUT2D eigenvalue weighted by Crippen LogP contribution is -2.19. The Kier molecular flexibility index (Phi) is 3.33. The number of anilines is 1. The molecule has 1 aromatic carbocycles. The molecule has 0 bridgehead atoms. The quantitative estimate of drug-likeness (QED) is 0.863. The van der Waals surface area contributed by atoms with Gasteiger partial charge in [-0.3, -0.25) is 14.3 Å². The van der Waals surface area contributed by atoms with Crippen molar-refractivity contribution in [1.82, 2.24) is 9.78 Å². The predicted molar refractivity (Wildman–Crippen MR) is 70.9 cm³/mol. The number of amides is 2. The fourth-order valence-corrected chi connectivity index (χ4v) is 1.65. The van der Waals surface area contributed by atoms with Crippen LogP contribution in [0.25, 0.3) is 0 Å². The van der Waals surface area contributed by atoms with Crippen molar-refractivity contribution in [3.8, 4) is 0 Å². The molecule has 6 heteroatoms. The summed E-state index contributed by atoms with van der Waals surface area (Å²) in [6, 6.07) is 7.11. The van der Waals surface area contributed by atoms with Crippen molar-refractivity contribution in [3.63, 3.8) is 0 Å². The first kappa shape index (κ1) is 12.8. The van der Waals surface area contributed by atoms with E-state index in [0.29, 0.717) is 5.56 Å². The molecule has 2 aromatic rings. The maximum atomic E-state index is 12.0. The summed E-state index contributed by atoms with van der Waals surface area (Å²) in [4.78, 5) is 23.3. The average molecular weight is 258 g/mol. The molecule has 0 atom stereocenters. The van der Waals surface area contributed by atoms with Gasteiger partial charge in [-0.2, -0.15) is 5.10 Å². The Hall–Kier alpha value is -2.63. The number of primary amides is 1. The highest BCUT2D eigenvalue weighted by Gasteiger charge is 2.16. The molecule has 0 aliphatic rings. The normalized spacial score (nSPS) is 10.2. The number of benzene rings is 1.